The van der Waals surface area contributed by atoms with Gasteiger partial charge < -0.3 is 14.9 Å². The summed E-state index contributed by atoms with van der Waals surface area (Å²) in [6.07, 6.45) is 12.3. The van der Waals surface area contributed by atoms with Crippen molar-refractivity contribution >= 4 is 51.4 Å². The largest absolute Gasteiger partial charge is 0.369 e. The summed E-state index contributed by atoms with van der Waals surface area (Å²) in [5.74, 6) is 0.720. The number of aromatic amines is 1. The molecule has 0 aliphatic carbocycles. The number of hydrogen-bond donors (Lipinski definition) is 2. The lowest BCUT2D eigenvalue weighted by Gasteiger charge is -2.09. The summed E-state index contributed by atoms with van der Waals surface area (Å²) >= 11 is 8.06. The van der Waals surface area contributed by atoms with Gasteiger partial charge in [0, 0.05) is 54.7 Å². The zero-order valence-electron chi connectivity index (χ0n) is 17.3. The van der Waals surface area contributed by atoms with Crippen molar-refractivity contribution in [1.82, 2.24) is 39.5 Å². The highest BCUT2D eigenvalue weighted by molar-refractivity contribution is 7.99. The number of H-pyrrole nitrogens is 1. The fourth-order valence-corrected chi connectivity index (χ4v) is 4.51. The number of anilines is 1. The minimum atomic E-state index is 0.597. The van der Waals surface area contributed by atoms with Crippen LogP contribution < -0.4 is 5.32 Å². The molecule has 2 N–H and O–H groups in total. The van der Waals surface area contributed by atoms with E-state index in [0.29, 0.717) is 15.8 Å². The Balaban J connectivity index is 1.42. The third-order valence-corrected chi connectivity index (χ3v) is 6.19. The van der Waals surface area contributed by atoms with E-state index in [1.54, 1.807) is 24.8 Å². The lowest BCUT2D eigenvalue weighted by molar-refractivity contribution is 0.660. The Hall–Kier alpha value is -3.24. The molecule has 0 amide bonds. The molecule has 0 saturated carbocycles. The van der Waals surface area contributed by atoms with Crippen molar-refractivity contribution in [2.24, 2.45) is 0 Å². The van der Waals surface area contributed by atoms with Gasteiger partial charge in [0.15, 0.2) is 10.8 Å². The predicted molar refractivity (Wildman–Crippen MR) is 125 cm³/mol. The third-order valence-electron chi connectivity index (χ3n) is 4.95. The molecular formula is C21H20ClN9S. The molecular weight excluding hydrogens is 446 g/mol. The van der Waals surface area contributed by atoms with E-state index in [4.69, 9.17) is 21.6 Å². The van der Waals surface area contributed by atoms with Gasteiger partial charge in [0.2, 0.25) is 0 Å². The van der Waals surface area contributed by atoms with Gasteiger partial charge in [-0.3, -0.25) is 4.98 Å². The van der Waals surface area contributed by atoms with Gasteiger partial charge in [0.1, 0.15) is 17.0 Å². The lowest BCUT2D eigenvalue weighted by atomic mass is 10.3. The highest BCUT2D eigenvalue weighted by Gasteiger charge is 2.17. The minimum Gasteiger partial charge on any atom is -0.369 e. The SMILES string of the molecule is CCc1[nH]c2nc(Sc3cnc4nccnc4c3)nc(NCCCn3ccnc3)c2c1Cl. The van der Waals surface area contributed by atoms with Crippen LogP contribution in [0, 0.1) is 0 Å². The normalized spacial score (nSPS) is 11.4. The van der Waals surface area contributed by atoms with E-state index in [9.17, 15) is 0 Å². The number of aryl methyl sites for hydroxylation is 2. The van der Waals surface area contributed by atoms with Gasteiger partial charge in [-0.1, -0.05) is 18.5 Å². The summed E-state index contributed by atoms with van der Waals surface area (Å²) in [5, 5.41) is 5.52. The second-order valence-corrected chi connectivity index (χ2v) is 8.52. The van der Waals surface area contributed by atoms with Gasteiger partial charge in [-0.05, 0) is 30.7 Å². The molecule has 0 unspecified atom stereocenters. The van der Waals surface area contributed by atoms with Crippen molar-refractivity contribution < 1.29 is 0 Å². The zero-order valence-corrected chi connectivity index (χ0v) is 18.9. The van der Waals surface area contributed by atoms with Crippen LogP contribution in [0.2, 0.25) is 5.02 Å². The summed E-state index contributed by atoms with van der Waals surface area (Å²) in [6, 6.07) is 1.94. The number of fused-ring (bicyclic) bond motifs is 2. The van der Waals surface area contributed by atoms with E-state index in [0.717, 1.165) is 58.9 Å². The molecule has 0 aliphatic heterocycles. The molecule has 0 saturated heterocycles. The Morgan fingerprint density at radius 2 is 2.06 bits per heavy atom. The maximum atomic E-state index is 6.64. The number of halogens is 1. The Bertz CT molecular complexity index is 1370. The van der Waals surface area contributed by atoms with E-state index < -0.39 is 0 Å². The molecule has 0 radical (unpaired) electrons. The second-order valence-electron chi connectivity index (χ2n) is 7.10. The van der Waals surface area contributed by atoms with Crippen LogP contribution in [-0.4, -0.2) is 46.0 Å². The molecule has 5 aromatic heterocycles. The van der Waals surface area contributed by atoms with Crippen molar-refractivity contribution in [3.8, 4) is 0 Å². The smallest absolute Gasteiger partial charge is 0.196 e. The molecule has 0 fully saturated rings. The Labute approximate surface area is 193 Å². The molecule has 162 valence electrons. The molecule has 0 atom stereocenters. The van der Waals surface area contributed by atoms with Crippen LogP contribution in [-0.2, 0) is 13.0 Å². The highest BCUT2D eigenvalue weighted by atomic mass is 35.5. The molecule has 0 bridgehead atoms. The number of hydrogen-bond acceptors (Lipinski definition) is 8. The van der Waals surface area contributed by atoms with Crippen molar-refractivity contribution in [2.45, 2.75) is 36.4 Å². The molecule has 32 heavy (non-hydrogen) atoms. The van der Waals surface area contributed by atoms with Crippen LogP contribution in [0.5, 0.6) is 0 Å². The number of pyridine rings is 1. The summed E-state index contributed by atoms with van der Waals surface area (Å²) < 4.78 is 2.05. The fraction of sp³-hybridized carbons (Fsp3) is 0.238. The van der Waals surface area contributed by atoms with Crippen LogP contribution in [0.4, 0.5) is 5.82 Å². The molecule has 9 nitrogen and oxygen atoms in total. The van der Waals surface area contributed by atoms with Gasteiger partial charge in [-0.15, -0.1) is 0 Å². The maximum Gasteiger partial charge on any atom is 0.196 e. The first-order valence-corrected chi connectivity index (χ1v) is 11.4. The van der Waals surface area contributed by atoms with Crippen molar-refractivity contribution in [3.63, 3.8) is 0 Å². The average molecular weight is 466 g/mol. The van der Waals surface area contributed by atoms with E-state index in [2.05, 4.69) is 37.2 Å². The predicted octanol–water partition coefficient (Wildman–Crippen LogP) is 4.36. The molecule has 5 heterocycles. The van der Waals surface area contributed by atoms with Gasteiger partial charge in [-0.2, -0.15) is 0 Å². The average Bonchev–Trinajstić information content (AvgIpc) is 3.44. The monoisotopic (exact) mass is 465 g/mol. The highest BCUT2D eigenvalue weighted by Crippen LogP contribution is 2.35. The summed E-state index contributed by atoms with van der Waals surface area (Å²) in [7, 11) is 0. The van der Waals surface area contributed by atoms with E-state index in [1.807, 2.05) is 23.2 Å². The molecule has 0 spiro atoms. The van der Waals surface area contributed by atoms with Crippen molar-refractivity contribution in [3.05, 3.63) is 54.1 Å². The van der Waals surface area contributed by atoms with Gasteiger partial charge >= 0.3 is 0 Å². The quantitative estimate of drug-likeness (QED) is 0.257. The Morgan fingerprint density at radius 1 is 1.16 bits per heavy atom. The summed E-state index contributed by atoms with van der Waals surface area (Å²) in [6.45, 7) is 3.66. The van der Waals surface area contributed by atoms with Gasteiger partial charge in [0.05, 0.1) is 16.7 Å². The Kier molecular flexibility index (Phi) is 5.87. The summed E-state index contributed by atoms with van der Waals surface area (Å²) in [4.78, 5) is 30.7. The number of rotatable bonds is 8. The van der Waals surface area contributed by atoms with Crippen LogP contribution in [0.3, 0.4) is 0 Å². The van der Waals surface area contributed by atoms with Crippen LogP contribution >= 0.6 is 23.4 Å². The van der Waals surface area contributed by atoms with Gasteiger partial charge in [-0.25, -0.2) is 24.9 Å². The standard InChI is InChI=1S/C21H20ClN9S/c1-2-14-17(22)16-19(25-4-3-8-31-9-7-23-12-31)29-21(30-20(16)28-14)32-13-10-15-18(27-11-13)26-6-5-24-15/h5-7,9-12H,2-4,8H2,1H3,(H2,25,28,29,30). The molecule has 5 rings (SSSR count). The van der Waals surface area contributed by atoms with E-state index in [1.165, 1.54) is 11.8 Å². The van der Waals surface area contributed by atoms with Crippen molar-refractivity contribution in [1.29, 1.82) is 0 Å². The van der Waals surface area contributed by atoms with E-state index >= 15 is 0 Å². The summed E-state index contributed by atoms with van der Waals surface area (Å²) in [5.41, 5.74) is 3.00. The van der Waals surface area contributed by atoms with Crippen LogP contribution in [0.15, 0.2) is 53.4 Å². The first kappa shape index (κ1) is 20.7. The number of nitrogens with one attached hydrogen (secondary N) is 2. The van der Waals surface area contributed by atoms with Crippen LogP contribution in [0.1, 0.15) is 19.0 Å². The number of aromatic nitrogens is 8. The third kappa shape index (κ3) is 4.23. The number of imidazole rings is 1. The number of nitrogens with zero attached hydrogens (tertiary/aromatic N) is 7. The maximum absolute atomic E-state index is 6.64. The first-order chi connectivity index (χ1) is 15.7. The molecule has 0 aromatic carbocycles. The molecule has 0 aliphatic rings. The zero-order chi connectivity index (χ0) is 21.9. The molecule has 11 heteroatoms. The first-order valence-electron chi connectivity index (χ1n) is 10.2. The van der Waals surface area contributed by atoms with Crippen LogP contribution in [0.25, 0.3) is 22.2 Å². The Morgan fingerprint density at radius 3 is 2.91 bits per heavy atom. The van der Waals surface area contributed by atoms with Gasteiger partial charge in [0.25, 0.3) is 0 Å². The lowest BCUT2D eigenvalue weighted by Crippen LogP contribution is -2.08. The van der Waals surface area contributed by atoms with E-state index in [-0.39, 0.29) is 0 Å². The van der Waals surface area contributed by atoms with Crippen molar-refractivity contribution in [2.75, 3.05) is 11.9 Å². The fourth-order valence-electron chi connectivity index (χ4n) is 3.39. The minimum absolute atomic E-state index is 0.597. The second kappa shape index (κ2) is 9.09. The topological polar surface area (TPSA) is 110 Å². The molecule has 5 aromatic rings.